The lowest BCUT2D eigenvalue weighted by molar-refractivity contribution is -0.0500. The third kappa shape index (κ3) is 2.61. The first-order chi connectivity index (χ1) is 6.13. The summed E-state index contributed by atoms with van der Waals surface area (Å²) < 4.78 is 51.8. The van der Waals surface area contributed by atoms with Gasteiger partial charge in [0, 0.05) is 11.6 Å². The van der Waals surface area contributed by atoms with Crippen molar-refractivity contribution in [2.45, 2.75) is 13.3 Å². The lowest BCUT2D eigenvalue weighted by Gasteiger charge is -2.05. The van der Waals surface area contributed by atoms with E-state index in [1.807, 2.05) is 0 Å². The predicted octanol–water partition coefficient (Wildman–Crippen LogP) is 2.90. The monoisotopic (exact) mass is 194 g/mol. The first-order valence-corrected chi connectivity index (χ1v) is 3.42. The van der Waals surface area contributed by atoms with Gasteiger partial charge in [-0.25, -0.2) is 8.78 Å². The minimum Gasteiger partial charge on any atom is -0.435 e. The topological polar surface area (TPSA) is 9.23 Å². The van der Waals surface area contributed by atoms with Gasteiger partial charge in [0.25, 0.3) is 0 Å². The van der Waals surface area contributed by atoms with Gasteiger partial charge in [-0.15, -0.1) is 0 Å². The second kappa shape index (κ2) is 4.11. The lowest BCUT2D eigenvalue weighted by Crippen LogP contribution is -2.02. The molecule has 1 rings (SSSR count). The highest BCUT2D eigenvalue weighted by Crippen LogP contribution is 2.18. The van der Waals surface area contributed by atoms with E-state index in [0.717, 1.165) is 18.2 Å². The first-order valence-electron chi connectivity index (χ1n) is 3.42. The molecule has 0 unspecified atom stereocenters. The zero-order chi connectivity index (χ0) is 9.84. The Morgan fingerprint density at radius 2 is 2.00 bits per heavy atom. The summed E-state index contributed by atoms with van der Waals surface area (Å²) in [5.41, 5.74) is -0.179. The average molecular weight is 194 g/mol. The summed E-state index contributed by atoms with van der Waals surface area (Å²) >= 11 is 0. The maximum Gasteiger partial charge on any atom is 0.387 e. The Hall–Kier alpha value is -1.26. The number of hydrogen-bond donors (Lipinski definition) is 0. The van der Waals surface area contributed by atoms with Crippen molar-refractivity contribution in [2.75, 3.05) is 0 Å². The Bertz CT molecular complexity index is 287. The maximum absolute atomic E-state index is 12.7. The van der Waals surface area contributed by atoms with Crippen LogP contribution in [0.1, 0.15) is 5.56 Å². The van der Waals surface area contributed by atoms with E-state index in [0.29, 0.717) is 0 Å². The highest BCUT2D eigenvalue weighted by molar-refractivity contribution is 5.28. The number of rotatable bonds is 3. The van der Waals surface area contributed by atoms with Crippen LogP contribution in [0.25, 0.3) is 0 Å². The minimum absolute atomic E-state index is 0.179. The van der Waals surface area contributed by atoms with Crippen molar-refractivity contribution < 1.29 is 22.3 Å². The summed E-state index contributed by atoms with van der Waals surface area (Å²) in [6.45, 7) is -3.98. The summed E-state index contributed by atoms with van der Waals surface area (Å²) in [5.74, 6) is -1.20. The zero-order valence-corrected chi connectivity index (χ0v) is 6.44. The van der Waals surface area contributed by atoms with Crippen molar-refractivity contribution in [3.8, 4) is 5.75 Å². The van der Waals surface area contributed by atoms with E-state index in [2.05, 4.69) is 4.74 Å². The van der Waals surface area contributed by atoms with Crippen LogP contribution in [-0.4, -0.2) is 6.61 Å². The summed E-state index contributed by atoms with van der Waals surface area (Å²) in [4.78, 5) is 0. The molecule has 1 aromatic rings. The van der Waals surface area contributed by atoms with Crippen molar-refractivity contribution >= 4 is 0 Å². The van der Waals surface area contributed by atoms with Gasteiger partial charge >= 0.3 is 6.61 Å². The Morgan fingerprint density at radius 3 is 2.46 bits per heavy atom. The Morgan fingerprint density at radius 1 is 1.31 bits per heavy atom. The predicted molar refractivity (Wildman–Crippen MR) is 37.8 cm³/mol. The van der Waals surface area contributed by atoms with E-state index in [4.69, 9.17) is 0 Å². The highest BCUT2D eigenvalue weighted by atomic mass is 19.3. The van der Waals surface area contributed by atoms with Crippen LogP contribution in [0.4, 0.5) is 17.6 Å². The van der Waals surface area contributed by atoms with E-state index >= 15 is 0 Å². The molecule has 72 valence electrons. The molecule has 0 N–H and O–H groups in total. The van der Waals surface area contributed by atoms with Gasteiger partial charge in [0.1, 0.15) is 18.2 Å². The molecule has 1 aromatic carbocycles. The molecule has 0 aliphatic carbocycles. The average Bonchev–Trinajstić information content (AvgIpc) is 2.03. The minimum atomic E-state index is -3.00. The SMILES string of the molecule is FCc1ccc(OC(F)F)cc1F. The molecule has 1 nitrogen and oxygen atoms in total. The molecule has 0 aliphatic heterocycles. The molecule has 13 heavy (non-hydrogen) atoms. The van der Waals surface area contributed by atoms with Gasteiger partial charge in [0.2, 0.25) is 0 Å². The van der Waals surface area contributed by atoms with Crippen LogP contribution < -0.4 is 4.74 Å². The Kier molecular flexibility index (Phi) is 3.11. The van der Waals surface area contributed by atoms with E-state index in [1.165, 1.54) is 0 Å². The molecule has 0 heterocycles. The number of hydrogen-bond acceptors (Lipinski definition) is 1. The maximum atomic E-state index is 12.7. The van der Waals surface area contributed by atoms with Crippen molar-refractivity contribution in [1.82, 2.24) is 0 Å². The van der Waals surface area contributed by atoms with Crippen LogP contribution >= 0.6 is 0 Å². The molecule has 5 heteroatoms. The van der Waals surface area contributed by atoms with Gasteiger partial charge in [-0.05, 0) is 12.1 Å². The molecular formula is C8H6F4O. The smallest absolute Gasteiger partial charge is 0.387 e. The van der Waals surface area contributed by atoms with Gasteiger partial charge in [-0.1, -0.05) is 0 Å². The largest absolute Gasteiger partial charge is 0.435 e. The third-order valence-corrected chi connectivity index (χ3v) is 1.39. The summed E-state index contributed by atoms with van der Waals surface area (Å²) in [5, 5.41) is 0. The van der Waals surface area contributed by atoms with E-state index in [1.54, 1.807) is 0 Å². The van der Waals surface area contributed by atoms with Crippen LogP contribution in [0.5, 0.6) is 5.75 Å². The number of ether oxygens (including phenoxy) is 1. The van der Waals surface area contributed by atoms with Crippen molar-refractivity contribution in [2.24, 2.45) is 0 Å². The number of alkyl halides is 3. The summed E-state index contributed by atoms with van der Waals surface area (Å²) in [6, 6.07) is 2.87. The quantitative estimate of drug-likeness (QED) is 0.672. The molecule has 0 saturated carbocycles. The molecule has 0 aromatic heterocycles. The van der Waals surface area contributed by atoms with Gasteiger partial charge < -0.3 is 4.74 Å². The molecular weight excluding hydrogens is 188 g/mol. The Balaban J connectivity index is 2.83. The van der Waals surface area contributed by atoms with Crippen LogP contribution in [0.2, 0.25) is 0 Å². The van der Waals surface area contributed by atoms with E-state index < -0.39 is 19.1 Å². The normalized spacial score (nSPS) is 10.5. The van der Waals surface area contributed by atoms with Crippen LogP contribution in [0.3, 0.4) is 0 Å². The summed E-state index contributed by atoms with van der Waals surface area (Å²) in [6.07, 6.45) is 0. The first kappa shape index (κ1) is 9.83. The second-order valence-corrected chi connectivity index (χ2v) is 2.27. The van der Waals surface area contributed by atoms with Crippen LogP contribution in [-0.2, 0) is 6.67 Å². The second-order valence-electron chi connectivity index (χ2n) is 2.27. The van der Waals surface area contributed by atoms with E-state index in [9.17, 15) is 17.6 Å². The molecule has 0 fully saturated rings. The standard InChI is InChI=1S/C8H6F4O/c9-4-5-1-2-6(3-7(5)10)13-8(11)12/h1-3,8H,4H2. The molecule has 0 radical (unpaired) electrons. The van der Waals surface area contributed by atoms with Crippen molar-refractivity contribution in [1.29, 1.82) is 0 Å². The molecule has 0 atom stereocenters. The van der Waals surface area contributed by atoms with Gasteiger partial charge in [-0.2, -0.15) is 8.78 Å². The van der Waals surface area contributed by atoms with Gasteiger partial charge in [-0.3, -0.25) is 0 Å². The fourth-order valence-corrected chi connectivity index (χ4v) is 0.813. The van der Waals surface area contributed by atoms with Gasteiger partial charge in [0.15, 0.2) is 0 Å². The summed E-state index contributed by atoms with van der Waals surface area (Å²) in [7, 11) is 0. The molecule has 0 saturated heterocycles. The van der Waals surface area contributed by atoms with Crippen LogP contribution in [0.15, 0.2) is 18.2 Å². The molecule has 0 aliphatic rings. The molecule has 0 spiro atoms. The van der Waals surface area contributed by atoms with Crippen molar-refractivity contribution in [3.63, 3.8) is 0 Å². The zero-order valence-electron chi connectivity index (χ0n) is 6.44. The Labute approximate surface area is 71.9 Å². The highest BCUT2D eigenvalue weighted by Gasteiger charge is 2.07. The van der Waals surface area contributed by atoms with Crippen molar-refractivity contribution in [3.05, 3.63) is 29.6 Å². The van der Waals surface area contributed by atoms with Crippen LogP contribution in [0, 0.1) is 5.82 Å². The van der Waals surface area contributed by atoms with E-state index in [-0.39, 0.29) is 11.3 Å². The fraction of sp³-hybridized carbons (Fsp3) is 0.250. The molecule has 0 bridgehead atoms. The lowest BCUT2D eigenvalue weighted by atomic mass is 10.2. The number of benzene rings is 1. The fourth-order valence-electron chi connectivity index (χ4n) is 0.813. The number of halogens is 4. The third-order valence-electron chi connectivity index (χ3n) is 1.39. The molecule has 0 amide bonds. The van der Waals surface area contributed by atoms with Gasteiger partial charge in [0.05, 0.1) is 0 Å².